The zero-order valence-electron chi connectivity index (χ0n) is 26.5. The molecule has 0 bridgehead atoms. The number of carbonyl (C=O) groups is 2. The van der Waals surface area contributed by atoms with Gasteiger partial charge in [0.2, 0.25) is 5.76 Å². The monoisotopic (exact) mass is 620 g/mol. The van der Waals surface area contributed by atoms with Crippen LogP contribution in [0.2, 0.25) is 0 Å². The molecule has 1 atom stereocenters. The van der Waals surface area contributed by atoms with Crippen LogP contribution >= 0.6 is 0 Å². The van der Waals surface area contributed by atoms with Crippen LogP contribution in [0.5, 0.6) is 0 Å². The van der Waals surface area contributed by atoms with E-state index in [1.54, 1.807) is 0 Å². The first-order chi connectivity index (χ1) is 22.2. The first kappa shape index (κ1) is 32.6. The third-order valence-electron chi connectivity index (χ3n) is 8.61. The number of amides is 1. The molecule has 10 heteroatoms. The number of aryl methyl sites for hydroxylation is 2. The van der Waals surface area contributed by atoms with Crippen LogP contribution in [0.4, 0.5) is 5.69 Å². The lowest BCUT2D eigenvalue weighted by atomic mass is 9.91. The molecule has 46 heavy (non-hydrogen) atoms. The number of benzene rings is 2. The highest BCUT2D eigenvalue weighted by atomic mass is 16.4. The third kappa shape index (κ3) is 7.91. The minimum absolute atomic E-state index is 0.0819. The standard InChI is InChI=1S/C36H40N6O4/c1-25-15-26(2)17-28(16-25)19-32(41-14-11-39-24-41)34(29(20-37)21-38)35(43)42(23-31-9-10-33(46-31)36(44)45)30-8-6-7-27(18-30)22-40-12-4-3-5-13-40/h6-10,15-18,32,39H,3-5,11-14,19,22-24H2,1-2H3,(H,44,45). The summed E-state index contributed by atoms with van der Waals surface area (Å²) in [6.45, 7) is 8.59. The van der Waals surface area contributed by atoms with Gasteiger partial charge in [-0.3, -0.25) is 14.6 Å². The first-order valence-electron chi connectivity index (χ1n) is 15.8. The van der Waals surface area contributed by atoms with Crippen LogP contribution in [0.1, 0.15) is 57.8 Å². The summed E-state index contributed by atoms with van der Waals surface area (Å²) in [5, 5.41) is 33.2. The zero-order valence-corrected chi connectivity index (χ0v) is 26.5. The number of nitrogens with one attached hydrogen (secondary N) is 1. The average Bonchev–Trinajstić information content (AvgIpc) is 3.75. The number of hydrogen-bond acceptors (Lipinski definition) is 8. The molecular formula is C36H40N6O4. The van der Waals surface area contributed by atoms with Crippen molar-refractivity contribution in [1.82, 2.24) is 15.1 Å². The van der Waals surface area contributed by atoms with E-state index in [4.69, 9.17) is 4.42 Å². The van der Waals surface area contributed by atoms with Gasteiger partial charge in [-0.25, -0.2) is 4.79 Å². The fraction of sp³-hybridized carbons (Fsp3) is 0.389. The normalized spacial score (nSPS) is 15.9. The van der Waals surface area contributed by atoms with Crippen molar-refractivity contribution in [2.75, 3.05) is 37.7 Å². The number of hydrogen-bond donors (Lipinski definition) is 2. The van der Waals surface area contributed by atoms with Gasteiger partial charge in [-0.1, -0.05) is 47.9 Å². The molecule has 0 saturated carbocycles. The van der Waals surface area contributed by atoms with Gasteiger partial charge in [0.15, 0.2) is 0 Å². The second kappa shape index (κ2) is 15.0. The number of allylic oxidation sites excluding steroid dienone is 1. The molecule has 0 spiro atoms. The molecule has 10 nitrogen and oxygen atoms in total. The number of nitriles is 2. The van der Waals surface area contributed by atoms with E-state index in [1.807, 2.05) is 50.3 Å². The molecule has 0 aliphatic carbocycles. The van der Waals surface area contributed by atoms with Crippen LogP contribution in [0.15, 0.2) is 70.2 Å². The van der Waals surface area contributed by atoms with E-state index < -0.39 is 17.9 Å². The summed E-state index contributed by atoms with van der Waals surface area (Å²) < 4.78 is 5.61. The van der Waals surface area contributed by atoms with E-state index in [0.29, 0.717) is 31.9 Å². The molecule has 2 aliphatic rings. The summed E-state index contributed by atoms with van der Waals surface area (Å²) in [7, 11) is 0. The van der Waals surface area contributed by atoms with Gasteiger partial charge in [0.25, 0.3) is 5.91 Å². The lowest BCUT2D eigenvalue weighted by molar-refractivity contribution is -0.116. The number of carboxylic acid groups (broad SMARTS) is 1. The Labute approximate surface area is 270 Å². The molecule has 2 aromatic carbocycles. The van der Waals surface area contributed by atoms with Gasteiger partial charge in [0.1, 0.15) is 23.5 Å². The average molecular weight is 621 g/mol. The smallest absolute Gasteiger partial charge is 0.371 e. The molecule has 1 unspecified atom stereocenters. The van der Waals surface area contributed by atoms with Crippen molar-refractivity contribution in [3.05, 3.63) is 99.5 Å². The second-order valence-electron chi connectivity index (χ2n) is 12.2. The fourth-order valence-electron chi connectivity index (χ4n) is 6.53. The van der Waals surface area contributed by atoms with E-state index in [1.165, 1.54) is 23.5 Å². The zero-order chi connectivity index (χ0) is 32.6. The maximum absolute atomic E-state index is 14.9. The van der Waals surface area contributed by atoms with Gasteiger partial charge in [0, 0.05) is 38.0 Å². The summed E-state index contributed by atoms with van der Waals surface area (Å²) in [6, 6.07) is 20.3. The van der Waals surface area contributed by atoms with Crippen LogP contribution in [-0.2, 0) is 24.3 Å². The molecule has 2 saturated heterocycles. The van der Waals surface area contributed by atoms with E-state index >= 15 is 0 Å². The second-order valence-corrected chi connectivity index (χ2v) is 12.2. The maximum Gasteiger partial charge on any atom is 0.371 e. The Morgan fingerprint density at radius 3 is 2.35 bits per heavy atom. The number of likely N-dealkylation sites (tertiary alicyclic amines) is 1. The van der Waals surface area contributed by atoms with Crippen molar-refractivity contribution in [3.8, 4) is 12.1 Å². The molecule has 3 heterocycles. The summed E-state index contributed by atoms with van der Waals surface area (Å²) in [5.41, 5.74) is 4.65. The molecule has 1 aromatic heterocycles. The number of anilines is 1. The van der Waals surface area contributed by atoms with Gasteiger partial charge in [-0.05, 0) is 81.6 Å². The van der Waals surface area contributed by atoms with E-state index in [-0.39, 0.29) is 29.2 Å². The summed E-state index contributed by atoms with van der Waals surface area (Å²) in [6.07, 6.45) is 3.96. The Morgan fingerprint density at radius 1 is 0.978 bits per heavy atom. The lowest BCUT2D eigenvalue weighted by Gasteiger charge is -2.32. The molecule has 1 amide bonds. The predicted octanol–water partition coefficient (Wildman–Crippen LogP) is 4.93. The number of rotatable bonds is 11. The Morgan fingerprint density at radius 2 is 1.72 bits per heavy atom. The van der Waals surface area contributed by atoms with E-state index in [2.05, 4.69) is 33.3 Å². The van der Waals surface area contributed by atoms with Crippen LogP contribution in [0, 0.1) is 36.5 Å². The predicted molar refractivity (Wildman–Crippen MR) is 174 cm³/mol. The lowest BCUT2D eigenvalue weighted by Crippen LogP contribution is -2.44. The van der Waals surface area contributed by atoms with Gasteiger partial charge in [0.05, 0.1) is 12.1 Å². The quantitative estimate of drug-likeness (QED) is 0.226. The number of furan rings is 1. The largest absolute Gasteiger partial charge is 0.475 e. The molecule has 2 aliphatic heterocycles. The van der Waals surface area contributed by atoms with Gasteiger partial charge in [-0.15, -0.1) is 0 Å². The highest BCUT2D eigenvalue weighted by Gasteiger charge is 2.35. The molecular weight excluding hydrogens is 580 g/mol. The summed E-state index contributed by atoms with van der Waals surface area (Å²) in [4.78, 5) is 32.5. The Balaban J connectivity index is 1.59. The highest BCUT2D eigenvalue weighted by molar-refractivity contribution is 6.08. The maximum atomic E-state index is 14.9. The first-order valence-corrected chi connectivity index (χ1v) is 15.8. The SMILES string of the molecule is Cc1cc(C)cc(CC(C(C(=O)N(Cc2ccc(C(=O)O)o2)c2cccc(CN3CCCCC3)c2)=C(C#N)C#N)N2CCNC2)c1. The van der Waals surface area contributed by atoms with Crippen LogP contribution in [-0.4, -0.2) is 65.7 Å². The Hall–Kier alpha value is -4.74. The minimum atomic E-state index is -1.21. The molecule has 0 radical (unpaired) electrons. The number of piperidine rings is 1. The summed E-state index contributed by atoms with van der Waals surface area (Å²) in [5.74, 6) is -1.67. The van der Waals surface area contributed by atoms with Gasteiger partial charge >= 0.3 is 5.97 Å². The Kier molecular flexibility index (Phi) is 10.7. The van der Waals surface area contributed by atoms with E-state index in [9.17, 15) is 25.2 Å². The highest BCUT2D eigenvalue weighted by Crippen LogP contribution is 2.29. The number of carboxylic acids is 1. The van der Waals surface area contributed by atoms with Crippen LogP contribution in [0.3, 0.4) is 0 Å². The Bertz CT molecular complexity index is 1650. The number of nitrogens with zero attached hydrogens (tertiary/aromatic N) is 5. The van der Waals surface area contributed by atoms with E-state index in [0.717, 1.165) is 54.7 Å². The van der Waals surface area contributed by atoms with Crippen molar-refractivity contribution in [2.45, 2.75) is 58.7 Å². The third-order valence-corrected chi connectivity index (χ3v) is 8.61. The van der Waals surface area contributed by atoms with Crippen LogP contribution in [0.25, 0.3) is 0 Å². The minimum Gasteiger partial charge on any atom is -0.475 e. The molecule has 2 fully saturated rings. The van der Waals surface area contributed by atoms with Crippen molar-refractivity contribution < 1.29 is 19.1 Å². The van der Waals surface area contributed by atoms with Gasteiger partial charge < -0.3 is 19.7 Å². The van der Waals surface area contributed by atoms with Crippen molar-refractivity contribution in [2.24, 2.45) is 0 Å². The fourth-order valence-corrected chi connectivity index (χ4v) is 6.53. The topological polar surface area (TPSA) is 137 Å². The van der Waals surface area contributed by atoms with Crippen LogP contribution < -0.4 is 10.2 Å². The van der Waals surface area contributed by atoms with Crippen molar-refractivity contribution >= 4 is 17.6 Å². The van der Waals surface area contributed by atoms with Crippen molar-refractivity contribution in [3.63, 3.8) is 0 Å². The molecule has 5 rings (SSSR count). The molecule has 238 valence electrons. The van der Waals surface area contributed by atoms with Gasteiger partial charge in [-0.2, -0.15) is 10.5 Å². The number of aromatic carboxylic acids is 1. The summed E-state index contributed by atoms with van der Waals surface area (Å²) >= 11 is 0. The molecule has 3 aromatic rings. The van der Waals surface area contributed by atoms with Crippen molar-refractivity contribution in [1.29, 1.82) is 10.5 Å². The number of carbonyl (C=O) groups excluding carboxylic acids is 1. The molecule has 2 N–H and O–H groups in total.